The highest BCUT2D eigenvalue weighted by Gasteiger charge is 2.15. The van der Waals surface area contributed by atoms with Crippen LogP contribution in [0.3, 0.4) is 0 Å². The van der Waals surface area contributed by atoms with E-state index < -0.39 is 0 Å². The monoisotopic (exact) mass is 331 g/mol. The summed E-state index contributed by atoms with van der Waals surface area (Å²) in [5.74, 6) is -0.312. The molecule has 0 bridgehead atoms. The fourth-order valence-corrected chi connectivity index (χ4v) is 3.19. The number of para-hydroxylation sites is 1. The summed E-state index contributed by atoms with van der Waals surface area (Å²) in [4.78, 5) is 28.5. The van der Waals surface area contributed by atoms with Gasteiger partial charge >= 0.3 is 0 Å². The van der Waals surface area contributed by atoms with Crippen molar-refractivity contribution in [1.82, 2.24) is 9.66 Å². The van der Waals surface area contributed by atoms with Crippen molar-refractivity contribution < 1.29 is 4.79 Å². The fourth-order valence-electron chi connectivity index (χ4n) is 3.19. The van der Waals surface area contributed by atoms with Crippen molar-refractivity contribution in [2.24, 2.45) is 0 Å². The normalized spacial score (nSPS) is 11.1. The van der Waals surface area contributed by atoms with Crippen LogP contribution in [0.4, 0.5) is 0 Å². The number of carbonyl (C=O) groups excluding carboxylic acids is 1. The Bertz CT molecular complexity index is 1140. The largest absolute Gasteiger partial charge is 0.353 e. The Hall–Kier alpha value is -3.34. The lowest BCUT2D eigenvalue weighted by atomic mass is 10.1. The number of fused-ring (bicyclic) bond motifs is 3. The van der Waals surface area contributed by atoms with E-state index in [1.165, 1.54) is 4.68 Å². The Labute approximate surface area is 143 Å². The number of aromatic nitrogens is 2. The number of benzene rings is 2. The van der Waals surface area contributed by atoms with Gasteiger partial charge in [-0.05, 0) is 24.6 Å². The van der Waals surface area contributed by atoms with E-state index >= 15 is 0 Å². The van der Waals surface area contributed by atoms with Gasteiger partial charge in [-0.25, -0.2) is 4.68 Å². The van der Waals surface area contributed by atoms with Crippen LogP contribution in [0.1, 0.15) is 23.0 Å². The minimum atomic E-state index is -0.312. The number of amides is 1. The molecule has 4 aromatic rings. The molecule has 5 heteroatoms. The van der Waals surface area contributed by atoms with Gasteiger partial charge in [-0.1, -0.05) is 43.3 Å². The minimum Gasteiger partial charge on any atom is -0.353 e. The molecule has 2 N–H and O–H groups in total. The van der Waals surface area contributed by atoms with Crippen molar-refractivity contribution in [3.63, 3.8) is 0 Å². The first-order chi connectivity index (χ1) is 12.2. The van der Waals surface area contributed by atoms with Gasteiger partial charge in [0.1, 0.15) is 0 Å². The van der Waals surface area contributed by atoms with E-state index in [0.29, 0.717) is 12.0 Å². The summed E-state index contributed by atoms with van der Waals surface area (Å²) in [6.07, 6.45) is 0.606. The zero-order valence-corrected chi connectivity index (χ0v) is 13.7. The summed E-state index contributed by atoms with van der Waals surface area (Å²) in [7, 11) is 0. The maximum atomic E-state index is 12.7. The van der Waals surface area contributed by atoms with E-state index in [-0.39, 0.29) is 11.5 Å². The van der Waals surface area contributed by atoms with Gasteiger partial charge in [0.15, 0.2) is 0 Å². The summed E-state index contributed by atoms with van der Waals surface area (Å²) in [5, 5.41) is 1.88. The molecule has 0 unspecified atom stereocenters. The van der Waals surface area contributed by atoms with Crippen molar-refractivity contribution in [3.8, 4) is 0 Å². The standard InChI is InChI=1S/C20H17N3O2/c1-2-17-19-15(14-10-6-7-11-16(14)21-19)12-18(24)23(17)22-20(25)13-8-4-3-5-9-13/h3-12,21H,2H2,1H3,(H,22,25). The van der Waals surface area contributed by atoms with Crippen LogP contribution in [-0.4, -0.2) is 15.6 Å². The molecular formula is C20H17N3O2. The summed E-state index contributed by atoms with van der Waals surface area (Å²) in [6.45, 7) is 1.96. The molecule has 0 atom stereocenters. The molecule has 2 aromatic carbocycles. The Balaban J connectivity index is 1.89. The quantitative estimate of drug-likeness (QED) is 0.604. The van der Waals surface area contributed by atoms with Crippen molar-refractivity contribution >= 4 is 27.7 Å². The zero-order valence-electron chi connectivity index (χ0n) is 13.7. The van der Waals surface area contributed by atoms with Crippen molar-refractivity contribution in [2.75, 3.05) is 5.43 Å². The number of carbonyl (C=O) groups is 1. The van der Waals surface area contributed by atoms with Gasteiger partial charge in [0.25, 0.3) is 11.5 Å². The third-order valence-corrected chi connectivity index (χ3v) is 4.38. The number of aromatic amines is 1. The lowest BCUT2D eigenvalue weighted by molar-refractivity contribution is 0.101. The van der Waals surface area contributed by atoms with Crippen LogP contribution in [0.15, 0.2) is 65.5 Å². The Morgan fingerprint density at radius 3 is 2.52 bits per heavy atom. The van der Waals surface area contributed by atoms with E-state index in [2.05, 4.69) is 10.4 Å². The molecule has 5 nitrogen and oxygen atoms in total. The van der Waals surface area contributed by atoms with E-state index in [1.807, 2.05) is 37.3 Å². The lowest BCUT2D eigenvalue weighted by Crippen LogP contribution is -2.35. The number of hydrogen-bond donors (Lipinski definition) is 2. The van der Waals surface area contributed by atoms with E-state index in [9.17, 15) is 9.59 Å². The van der Waals surface area contributed by atoms with Gasteiger partial charge in [-0.3, -0.25) is 15.0 Å². The van der Waals surface area contributed by atoms with Crippen LogP contribution < -0.4 is 11.0 Å². The first-order valence-electron chi connectivity index (χ1n) is 8.21. The first kappa shape index (κ1) is 15.2. The van der Waals surface area contributed by atoms with Gasteiger partial charge in [0.2, 0.25) is 0 Å². The molecule has 0 spiro atoms. The second-order valence-electron chi connectivity index (χ2n) is 5.88. The molecular weight excluding hydrogens is 314 g/mol. The molecule has 25 heavy (non-hydrogen) atoms. The molecule has 0 aliphatic heterocycles. The molecule has 0 saturated heterocycles. The van der Waals surface area contributed by atoms with Gasteiger partial charge in [0, 0.05) is 27.9 Å². The molecule has 1 amide bonds. The maximum absolute atomic E-state index is 12.7. The highest BCUT2D eigenvalue weighted by molar-refractivity contribution is 6.08. The number of nitrogens with one attached hydrogen (secondary N) is 2. The van der Waals surface area contributed by atoms with Crippen LogP contribution in [0.2, 0.25) is 0 Å². The van der Waals surface area contributed by atoms with Crippen LogP contribution in [-0.2, 0) is 6.42 Å². The highest BCUT2D eigenvalue weighted by atomic mass is 16.2. The average molecular weight is 331 g/mol. The Morgan fingerprint density at radius 1 is 1.04 bits per heavy atom. The lowest BCUT2D eigenvalue weighted by Gasteiger charge is -2.14. The van der Waals surface area contributed by atoms with E-state index in [4.69, 9.17) is 0 Å². The smallest absolute Gasteiger partial charge is 0.270 e. The second-order valence-corrected chi connectivity index (χ2v) is 5.88. The minimum absolute atomic E-state index is 0.251. The molecule has 0 saturated carbocycles. The number of aryl methyl sites for hydroxylation is 1. The van der Waals surface area contributed by atoms with E-state index in [1.54, 1.807) is 30.3 Å². The number of nitrogens with zero attached hydrogens (tertiary/aromatic N) is 1. The van der Waals surface area contributed by atoms with Crippen LogP contribution in [0.5, 0.6) is 0 Å². The SMILES string of the molecule is CCc1c2[nH]c3ccccc3c2cc(=O)n1NC(=O)c1ccccc1. The molecule has 2 heterocycles. The molecule has 0 fully saturated rings. The third-order valence-electron chi connectivity index (χ3n) is 4.38. The first-order valence-corrected chi connectivity index (χ1v) is 8.21. The molecule has 0 aliphatic rings. The van der Waals surface area contributed by atoms with Crippen LogP contribution >= 0.6 is 0 Å². The predicted octanol–water partition coefficient (Wildman–Crippen LogP) is 3.43. The number of pyridine rings is 1. The summed E-state index contributed by atoms with van der Waals surface area (Å²) in [6, 6.07) is 18.3. The molecule has 4 rings (SSSR count). The highest BCUT2D eigenvalue weighted by Crippen LogP contribution is 2.26. The maximum Gasteiger partial charge on any atom is 0.270 e. The molecule has 2 aromatic heterocycles. The Morgan fingerprint density at radius 2 is 1.76 bits per heavy atom. The van der Waals surface area contributed by atoms with Crippen LogP contribution in [0.25, 0.3) is 21.8 Å². The van der Waals surface area contributed by atoms with Gasteiger partial charge in [0.05, 0.1) is 11.2 Å². The van der Waals surface area contributed by atoms with Gasteiger partial charge in [-0.15, -0.1) is 0 Å². The van der Waals surface area contributed by atoms with Crippen molar-refractivity contribution in [3.05, 3.63) is 82.3 Å². The van der Waals surface area contributed by atoms with E-state index in [0.717, 1.165) is 27.5 Å². The summed E-state index contributed by atoms with van der Waals surface area (Å²) < 4.78 is 1.34. The topological polar surface area (TPSA) is 66.9 Å². The molecule has 0 radical (unpaired) electrons. The fraction of sp³-hybridized carbons (Fsp3) is 0.100. The van der Waals surface area contributed by atoms with Crippen molar-refractivity contribution in [1.29, 1.82) is 0 Å². The van der Waals surface area contributed by atoms with Gasteiger partial charge < -0.3 is 4.98 Å². The zero-order chi connectivity index (χ0) is 17.4. The van der Waals surface area contributed by atoms with Gasteiger partial charge in [-0.2, -0.15) is 0 Å². The summed E-state index contributed by atoms with van der Waals surface area (Å²) in [5.41, 5.74) is 5.58. The Kier molecular flexibility index (Phi) is 3.61. The molecule has 124 valence electrons. The number of rotatable bonds is 3. The number of H-pyrrole nitrogens is 1. The van der Waals surface area contributed by atoms with Crippen LogP contribution in [0, 0.1) is 0 Å². The predicted molar refractivity (Wildman–Crippen MR) is 99.6 cm³/mol. The van der Waals surface area contributed by atoms with Crippen molar-refractivity contribution in [2.45, 2.75) is 13.3 Å². The second kappa shape index (κ2) is 5.94. The third kappa shape index (κ3) is 2.50. The summed E-state index contributed by atoms with van der Waals surface area (Å²) >= 11 is 0. The molecule has 0 aliphatic carbocycles. The number of hydrogen-bond acceptors (Lipinski definition) is 2. The average Bonchev–Trinajstić information content (AvgIpc) is 3.01.